The maximum Gasteiger partial charge on any atom is 0.277 e. The van der Waals surface area contributed by atoms with Crippen LogP contribution in [-0.2, 0) is 25.5 Å². The molecule has 3 amide bonds. The predicted molar refractivity (Wildman–Crippen MR) is 154 cm³/mol. The van der Waals surface area contributed by atoms with Gasteiger partial charge < -0.3 is 20.6 Å². The monoisotopic (exact) mass is 569 g/mol. The molecule has 8 rings (SSSR count). The maximum atomic E-state index is 13.9. The number of hydrogen-bond donors (Lipinski definition) is 3. The summed E-state index contributed by atoms with van der Waals surface area (Å²) in [5.41, 5.74) is 5.70. The standard InChI is InChI=1S/C32H35N5O5/c1-35-17-20(14-22-21-9-5-10-23-27(21)19(16-33-23)15-24(22)35)28(38)34-29-31(40)37-25(13-18-7-3-2-4-8-18)30(39)36-12-6-11-26(36)32(37,41)42-29/h2-5,7-10,14,19-20,24-26,29,33,41H,6,11-13,15-17H2,1H3,(H,34,38)/t19?,20-,24?,25+,26?,29-,32-/m1/s1. The van der Waals surface area contributed by atoms with Crippen molar-refractivity contribution in [2.45, 2.75) is 61.9 Å². The summed E-state index contributed by atoms with van der Waals surface area (Å²) in [6.45, 7) is 1.94. The number of carbonyl (C=O) groups is 3. The fourth-order valence-electron chi connectivity index (χ4n) is 8.25. The molecule has 3 fully saturated rings. The number of piperazine rings is 1. The number of likely N-dealkylation sites (N-methyl/N-ethyl adjacent to an activating group) is 1. The maximum absolute atomic E-state index is 13.9. The minimum atomic E-state index is -2.00. The Morgan fingerprint density at radius 3 is 2.81 bits per heavy atom. The first-order valence-electron chi connectivity index (χ1n) is 15.0. The van der Waals surface area contributed by atoms with E-state index in [0.717, 1.165) is 24.1 Å². The van der Waals surface area contributed by atoms with Crippen molar-refractivity contribution in [2.75, 3.05) is 32.0 Å². The van der Waals surface area contributed by atoms with E-state index in [4.69, 9.17) is 4.74 Å². The highest BCUT2D eigenvalue weighted by Gasteiger charge is 2.66. The lowest BCUT2D eigenvalue weighted by molar-refractivity contribution is -0.302. The van der Waals surface area contributed by atoms with Crippen LogP contribution in [0.2, 0.25) is 0 Å². The van der Waals surface area contributed by atoms with Gasteiger partial charge in [-0.3, -0.25) is 28.9 Å². The summed E-state index contributed by atoms with van der Waals surface area (Å²) in [6.07, 6.45) is 3.14. The quantitative estimate of drug-likeness (QED) is 0.511. The lowest BCUT2D eigenvalue weighted by Gasteiger charge is -2.48. The van der Waals surface area contributed by atoms with Crippen LogP contribution in [0.3, 0.4) is 0 Å². The fraction of sp³-hybridized carbons (Fsp3) is 0.469. The minimum absolute atomic E-state index is 0.194. The number of nitrogens with one attached hydrogen (secondary N) is 2. The van der Waals surface area contributed by atoms with E-state index in [1.54, 1.807) is 4.90 Å². The lowest BCUT2D eigenvalue weighted by atomic mass is 9.74. The Kier molecular flexibility index (Phi) is 5.80. The summed E-state index contributed by atoms with van der Waals surface area (Å²) >= 11 is 0. The van der Waals surface area contributed by atoms with Crippen LogP contribution in [0.25, 0.3) is 5.57 Å². The van der Waals surface area contributed by atoms with Crippen molar-refractivity contribution < 1.29 is 24.2 Å². The van der Waals surface area contributed by atoms with Crippen molar-refractivity contribution in [3.05, 3.63) is 71.3 Å². The third-order valence-corrected chi connectivity index (χ3v) is 10.2. The molecule has 0 saturated carbocycles. The third-order valence-electron chi connectivity index (χ3n) is 10.2. The third kappa shape index (κ3) is 3.71. The molecule has 3 saturated heterocycles. The largest absolute Gasteiger partial charge is 0.384 e. The van der Waals surface area contributed by atoms with Gasteiger partial charge >= 0.3 is 0 Å². The molecule has 0 radical (unpaired) electrons. The van der Waals surface area contributed by atoms with E-state index >= 15 is 0 Å². The Balaban J connectivity index is 1.08. The summed E-state index contributed by atoms with van der Waals surface area (Å²) in [5.74, 6) is -3.17. The normalized spacial score (nSPS) is 34.8. The van der Waals surface area contributed by atoms with Crippen LogP contribution < -0.4 is 10.6 Å². The zero-order chi connectivity index (χ0) is 28.7. The second kappa shape index (κ2) is 9.39. The first kappa shape index (κ1) is 25.9. The molecule has 218 valence electrons. The summed E-state index contributed by atoms with van der Waals surface area (Å²) < 4.78 is 6.05. The van der Waals surface area contributed by atoms with Crippen molar-refractivity contribution in [2.24, 2.45) is 5.92 Å². The summed E-state index contributed by atoms with van der Waals surface area (Å²) in [6, 6.07) is 14.4. The van der Waals surface area contributed by atoms with Gasteiger partial charge in [-0.05, 0) is 54.6 Å². The SMILES string of the molecule is CN1C[C@H](C(=O)N[C@@H]2O[C@]3(O)C4CCCN4C(=O)[C@H](Cc4ccccc4)N3C2=O)C=C2c3cccc4c3C(CN4)CC21. The van der Waals surface area contributed by atoms with Crippen LogP contribution in [-0.4, -0.2) is 94.5 Å². The van der Waals surface area contributed by atoms with Crippen LogP contribution in [0.4, 0.5) is 5.69 Å². The van der Waals surface area contributed by atoms with E-state index < -0.39 is 36.0 Å². The first-order valence-corrected chi connectivity index (χ1v) is 15.0. The Morgan fingerprint density at radius 2 is 1.98 bits per heavy atom. The molecule has 0 bridgehead atoms. The number of nitrogens with zero attached hydrogens (tertiary/aromatic N) is 3. The van der Waals surface area contributed by atoms with Crippen molar-refractivity contribution >= 4 is 29.0 Å². The minimum Gasteiger partial charge on any atom is -0.384 e. The van der Waals surface area contributed by atoms with Gasteiger partial charge in [-0.15, -0.1) is 0 Å². The van der Waals surface area contributed by atoms with Crippen molar-refractivity contribution in [1.29, 1.82) is 0 Å². The van der Waals surface area contributed by atoms with E-state index in [2.05, 4.69) is 33.7 Å². The molecular weight excluding hydrogens is 534 g/mol. The molecule has 3 N–H and O–H groups in total. The van der Waals surface area contributed by atoms with Crippen LogP contribution in [0, 0.1) is 5.92 Å². The number of amides is 3. The van der Waals surface area contributed by atoms with E-state index in [1.165, 1.54) is 21.7 Å². The van der Waals surface area contributed by atoms with E-state index in [9.17, 15) is 19.5 Å². The zero-order valence-corrected chi connectivity index (χ0v) is 23.5. The molecule has 6 aliphatic rings. The van der Waals surface area contributed by atoms with Crippen molar-refractivity contribution in [3.8, 4) is 0 Å². The fourth-order valence-corrected chi connectivity index (χ4v) is 8.25. The topological polar surface area (TPSA) is 114 Å². The van der Waals surface area contributed by atoms with Crippen molar-refractivity contribution in [1.82, 2.24) is 20.0 Å². The average Bonchev–Trinajstić information content (AvgIpc) is 3.71. The highest BCUT2D eigenvalue weighted by molar-refractivity contribution is 5.96. The van der Waals surface area contributed by atoms with E-state index in [-0.39, 0.29) is 24.3 Å². The van der Waals surface area contributed by atoms with Gasteiger partial charge in [0.15, 0.2) is 0 Å². The molecule has 10 nitrogen and oxygen atoms in total. The van der Waals surface area contributed by atoms with Gasteiger partial charge in [0.2, 0.25) is 18.0 Å². The van der Waals surface area contributed by atoms with Crippen LogP contribution in [0.5, 0.6) is 0 Å². The second-order valence-corrected chi connectivity index (χ2v) is 12.5. The molecule has 1 aliphatic carbocycles. The number of rotatable bonds is 4. The summed E-state index contributed by atoms with van der Waals surface area (Å²) in [7, 11) is 2.05. The number of fused-ring (bicyclic) bond motifs is 5. The number of benzene rings is 2. The Morgan fingerprint density at radius 1 is 1.14 bits per heavy atom. The molecule has 5 heterocycles. The van der Waals surface area contributed by atoms with Crippen LogP contribution >= 0.6 is 0 Å². The van der Waals surface area contributed by atoms with Crippen molar-refractivity contribution in [3.63, 3.8) is 0 Å². The molecule has 7 atom stereocenters. The Labute approximate surface area is 244 Å². The molecule has 0 aromatic heterocycles. The smallest absolute Gasteiger partial charge is 0.277 e. The van der Waals surface area contributed by atoms with Gasteiger partial charge in [-0.1, -0.05) is 48.5 Å². The van der Waals surface area contributed by atoms with Crippen LogP contribution in [0.1, 0.15) is 41.9 Å². The van der Waals surface area contributed by atoms with Gasteiger partial charge in [-0.2, -0.15) is 0 Å². The van der Waals surface area contributed by atoms with Gasteiger partial charge in [-0.25, -0.2) is 0 Å². The van der Waals surface area contributed by atoms with Gasteiger partial charge in [0, 0.05) is 43.7 Å². The summed E-state index contributed by atoms with van der Waals surface area (Å²) in [5, 5.41) is 18.2. The van der Waals surface area contributed by atoms with Gasteiger partial charge in [0.25, 0.3) is 11.8 Å². The van der Waals surface area contributed by atoms with Gasteiger partial charge in [0.05, 0.1) is 5.92 Å². The molecule has 2 aromatic carbocycles. The molecule has 5 aliphatic heterocycles. The summed E-state index contributed by atoms with van der Waals surface area (Å²) in [4.78, 5) is 46.3. The lowest BCUT2D eigenvalue weighted by Crippen LogP contribution is -2.71. The highest BCUT2D eigenvalue weighted by Crippen LogP contribution is 2.48. The Hall–Kier alpha value is -3.73. The molecule has 10 heteroatoms. The highest BCUT2D eigenvalue weighted by atomic mass is 16.7. The first-order chi connectivity index (χ1) is 20.3. The van der Waals surface area contributed by atoms with Gasteiger partial charge in [0.1, 0.15) is 12.1 Å². The number of ether oxygens (including phenoxy) is 1. The van der Waals surface area contributed by atoms with E-state index in [1.807, 2.05) is 43.5 Å². The van der Waals surface area contributed by atoms with E-state index in [0.29, 0.717) is 31.8 Å². The zero-order valence-electron chi connectivity index (χ0n) is 23.5. The number of carbonyl (C=O) groups excluding carboxylic acids is 3. The second-order valence-electron chi connectivity index (χ2n) is 12.5. The van der Waals surface area contributed by atoms with Crippen LogP contribution in [0.15, 0.2) is 54.6 Å². The molecular formula is C32H35N5O5. The number of aliphatic hydroxyl groups is 1. The molecule has 42 heavy (non-hydrogen) atoms. The average molecular weight is 570 g/mol. The molecule has 0 spiro atoms. The molecule has 3 unspecified atom stereocenters. The number of anilines is 1. The number of hydrogen-bond acceptors (Lipinski definition) is 7. The Bertz CT molecular complexity index is 1510. The molecule has 2 aromatic rings. The predicted octanol–water partition coefficient (Wildman–Crippen LogP) is 1.48.